The Morgan fingerprint density at radius 3 is 2.40 bits per heavy atom. The SMILES string of the molecule is CCn1cc(S(=O)(=O)N(CCc2ccc(OC)c(OC)c2)Cc2cnn(C)c2)cn1. The molecule has 3 rings (SSSR count). The number of hydrogen-bond acceptors (Lipinski definition) is 6. The highest BCUT2D eigenvalue weighted by Crippen LogP contribution is 2.28. The minimum atomic E-state index is -3.72. The summed E-state index contributed by atoms with van der Waals surface area (Å²) in [4.78, 5) is 0.181. The number of sulfonamides is 1. The van der Waals surface area contributed by atoms with E-state index in [9.17, 15) is 8.42 Å². The molecule has 2 aromatic heterocycles. The predicted octanol–water partition coefficient (Wildman–Crippen LogP) is 2.09. The summed E-state index contributed by atoms with van der Waals surface area (Å²) in [6.45, 7) is 3.03. The van der Waals surface area contributed by atoms with Crippen LogP contribution >= 0.6 is 0 Å². The van der Waals surface area contributed by atoms with Crippen LogP contribution in [0.15, 0.2) is 47.9 Å². The Balaban J connectivity index is 1.86. The highest BCUT2D eigenvalue weighted by molar-refractivity contribution is 7.89. The Morgan fingerprint density at radius 2 is 1.80 bits per heavy atom. The fourth-order valence-electron chi connectivity index (χ4n) is 3.13. The van der Waals surface area contributed by atoms with E-state index in [-0.39, 0.29) is 11.4 Å². The van der Waals surface area contributed by atoms with Crippen LogP contribution in [0.1, 0.15) is 18.1 Å². The van der Waals surface area contributed by atoms with Crippen LogP contribution in [0.5, 0.6) is 11.5 Å². The Kier molecular flexibility index (Phi) is 6.78. The van der Waals surface area contributed by atoms with Crippen LogP contribution in [-0.4, -0.2) is 53.0 Å². The molecule has 2 heterocycles. The van der Waals surface area contributed by atoms with Crippen molar-refractivity contribution >= 4 is 10.0 Å². The van der Waals surface area contributed by atoms with Gasteiger partial charge in [0.25, 0.3) is 0 Å². The van der Waals surface area contributed by atoms with Gasteiger partial charge in [-0.15, -0.1) is 0 Å². The van der Waals surface area contributed by atoms with E-state index in [1.807, 2.05) is 31.3 Å². The number of ether oxygens (including phenoxy) is 2. The van der Waals surface area contributed by atoms with Crippen LogP contribution < -0.4 is 9.47 Å². The molecule has 0 radical (unpaired) electrons. The van der Waals surface area contributed by atoms with Gasteiger partial charge in [0.1, 0.15) is 4.90 Å². The van der Waals surface area contributed by atoms with Crippen molar-refractivity contribution in [2.45, 2.75) is 31.3 Å². The molecule has 0 spiro atoms. The normalized spacial score (nSPS) is 11.8. The minimum Gasteiger partial charge on any atom is -0.493 e. The van der Waals surface area contributed by atoms with Gasteiger partial charge in [0, 0.05) is 44.6 Å². The van der Waals surface area contributed by atoms with E-state index in [2.05, 4.69) is 10.2 Å². The van der Waals surface area contributed by atoms with E-state index in [0.29, 0.717) is 31.0 Å². The van der Waals surface area contributed by atoms with Crippen molar-refractivity contribution in [3.05, 3.63) is 54.1 Å². The standard InChI is InChI=1S/C20H27N5O4S/c1-5-24-15-18(12-22-24)30(26,27)25(14-17-11-21-23(2)13-17)9-8-16-6-7-19(28-3)20(10-16)29-4/h6-7,10-13,15H,5,8-9,14H2,1-4H3. The second-order valence-corrected chi connectivity index (χ2v) is 8.77. The van der Waals surface area contributed by atoms with Crippen molar-refractivity contribution in [2.24, 2.45) is 7.05 Å². The van der Waals surface area contributed by atoms with Crippen LogP contribution in [-0.2, 0) is 36.6 Å². The fourth-order valence-corrected chi connectivity index (χ4v) is 4.52. The highest BCUT2D eigenvalue weighted by atomic mass is 32.2. The zero-order valence-corrected chi connectivity index (χ0v) is 18.5. The quantitative estimate of drug-likeness (QED) is 0.486. The third-order valence-electron chi connectivity index (χ3n) is 4.79. The lowest BCUT2D eigenvalue weighted by molar-refractivity contribution is 0.354. The van der Waals surface area contributed by atoms with Gasteiger partial charge < -0.3 is 9.47 Å². The second kappa shape index (κ2) is 9.31. The Bertz CT molecular complexity index is 1090. The second-order valence-electron chi connectivity index (χ2n) is 6.83. The van der Waals surface area contributed by atoms with Crippen molar-refractivity contribution in [1.82, 2.24) is 23.9 Å². The molecule has 0 N–H and O–H groups in total. The molecule has 0 aliphatic heterocycles. The lowest BCUT2D eigenvalue weighted by atomic mass is 10.1. The van der Waals surface area contributed by atoms with E-state index >= 15 is 0 Å². The highest BCUT2D eigenvalue weighted by Gasteiger charge is 2.26. The number of rotatable bonds is 10. The lowest BCUT2D eigenvalue weighted by Crippen LogP contribution is -2.32. The number of hydrogen-bond donors (Lipinski definition) is 0. The first-order valence-corrected chi connectivity index (χ1v) is 11.0. The molecule has 30 heavy (non-hydrogen) atoms. The smallest absolute Gasteiger partial charge is 0.246 e. The van der Waals surface area contributed by atoms with Crippen LogP contribution in [0.3, 0.4) is 0 Å². The van der Waals surface area contributed by atoms with Gasteiger partial charge in [-0.25, -0.2) is 8.42 Å². The van der Waals surface area contributed by atoms with E-state index in [1.165, 1.54) is 10.5 Å². The van der Waals surface area contributed by atoms with E-state index in [1.54, 1.807) is 43.0 Å². The summed E-state index contributed by atoms with van der Waals surface area (Å²) in [5.41, 5.74) is 1.76. The third kappa shape index (κ3) is 4.82. The van der Waals surface area contributed by atoms with Gasteiger partial charge in [0.05, 0.1) is 26.6 Å². The number of aromatic nitrogens is 4. The molecule has 0 aliphatic carbocycles. The zero-order valence-electron chi connectivity index (χ0n) is 17.6. The maximum Gasteiger partial charge on any atom is 0.246 e. The zero-order chi connectivity index (χ0) is 21.7. The molecule has 0 unspecified atom stereocenters. The van der Waals surface area contributed by atoms with Gasteiger partial charge in [-0.05, 0) is 31.0 Å². The van der Waals surface area contributed by atoms with Crippen LogP contribution in [0.2, 0.25) is 0 Å². The molecule has 0 amide bonds. The molecule has 0 aliphatic rings. The van der Waals surface area contributed by atoms with Crippen molar-refractivity contribution in [3.63, 3.8) is 0 Å². The van der Waals surface area contributed by atoms with Crippen LogP contribution in [0.25, 0.3) is 0 Å². The van der Waals surface area contributed by atoms with Gasteiger partial charge >= 0.3 is 0 Å². The van der Waals surface area contributed by atoms with Gasteiger partial charge in [-0.2, -0.15) is 14.5 Å². The van der Waals surface area contributed by atoms with Crippen molar-refractivity contribution in [2.75, 3.05) is 20.8 Å². The summed E-state index contributed by atoms with van der Waals surface area (Å²) in [5, 5.41) is 8.27. The Morgan fingerprint density at radius 1 is 1.03 bits per heavy atom. The summed E-state index contributed by atoms with van der Waals surface area (Å²) >= 11 is 0. The summed E-state index contributed by atoms with van der Waals surface area (Å²) in [6.07, 6.45) is 6.96. The number of methoxy groups -OCH3 is 2. The van der Waals surface area contributed by atoms with E-state index in [0.717, 1.165) is 11.1 Å². The lowest BCUT2D eigenvalue weighted by Gasteiger charge is -2.21. The number of benzene rings is 1. The molecular weight excluding hydrogens is 406 g/mol. The predicted molar refractivity (Wildman–Crippen MR) is 112 cm³/mol. The van der Waals surface area contributed by atoms with Gasteiger partial charge in [-0.3, -0.25) is 9.36 Å². The van der Waals surface area contributed by atoms with Crippen LogP contribution in [0.4, 0.5) is 0 Å². The van der Waals surface area contributed by atoms with E-state index in [4.69, 9.17) is 9.47 Å². The van der Waals surface area contributed by atoms with Gasteiger partial charge in [0.2, 0.25) is 10.0 Å². The first-order valence-electron chi connectivity index (χ1n) is 9.58. The first-order chi connectivity index (χ1) is 14.4. The maximum atomic E-state index is 13.3. The van der Waals surface area contributed by atoms with Crippen molar-refractivity contribution in [1.29, 1.82) is 0 Å². The van der Waals surface area contributed by atoms with Crippen molar-refractivity contribution in [3.8, 4) is 11.5 Å². The molecule has 0 saturated carbocycles. The Labute approximate surface area is 176 Å². The molecule has 0 bridgehead atoms. The molecule has 10 heteroatoms. The van der Waals surface area contributed by atoms with E-state index < -0.39 is 10.0 Å². The van der Waals surface area contributed by atoms with Gasteiger partial charge in [-0.1, -0.05) is 6.07 Å². The fraction of sp³-hybridized carbons (Fsp3) is 0.400. The largest absolute Gasteiger partial charge is 0.493 e. The first kappa shape index (κ1) is 21.8. The molecule has 3 aromatic rings. The van der Waals surface area contributed by atoms with Crippen molar-refractivity contribution < 1.29 is 17.9 Å². The Hall–Kier alpha value is -2.85. The van der Waals surface area contributed by atoms with Gasteiger partial charge in [0.15, 0.2) is 11.5 Å². The summed E-state index contributed by atoms with van der Waals surface area (Å²) in [6, 6.07) is 5.59. The molecule has 1 aromatic carbocycles. The third-order valence-corrected chi connectivity index (χ3v) is 6.58. The average molecular weight is 434 g/mol. The summed E-state index contributed by atoms with van der Waals surface area (Å²) in [7, 11) is 1.24. The summed E-state index contributed by atoms with van der Waals surface area (Å²) < 4.78 is 42.0. The molecular formula is C20H27N5O4S. The number of aryl methyl sites for hydroxylation is 2. The molecule has 0 saturated heterocycles. The van der Waals surface area contributed by atoms with Crippen LogP contribution in [0, 0.1) is 0 Å². The summed E-state index contributed by atoms with van der Waals surface area (Å²) in [5.74, 6) is 1.24. The molecule has 162 valence electrons. The number of nitrogens with zero attached hydrogens (tertiary/aromatic N) is 5. The maximum absolute atomic E-state index is 13.3. The molecule has 0 atom stereocenters. The minimum absolute atomic E-state index is 0.181. The average Bonchev–Trinajstić information content (AvgIpc) is 3.39. The molecule has 0 fully saturated rings. The molecule has 9 nitrogen and oxygen atoms in total. The topological polar surface area (TPSA) is 91.5 Å². The monoisotopic (exact) mass is 433 g/mol.